The second kappa shape index (κ2) is 5.27. The Hall–Kier alpha value is -2.09. The summed E-state index contributed by atoms with van der Waals surface area (Å²) < 4.78 is 0. The number of hydrogen-bond donors (Lipinski definition) is 1. The highest BCUT2D eigenvalue weighted by Gasteiger charge is 2.30. The molecule has 1 aromatic rings. The number of aromatic nitrogens is 1. The number of aliphatic carboxylic acids is 1. The van der Waals surface area contributed by atoms with Crippen molar-refractivity contribution in [2.75, 3.05) is 11.4 Å². The predicted octanol–water partition coefficient (Wildman–Crippen LogP) is 2.01. The van der Waals surface area contributed by atoms with Gasteiger partial charge < -0.3 is 10.0 Å². The van der Waals surface area contributed by atoms with E-state index in [0.29, 0.717) is 29.9 Å². The van der Waals surface area contributed by atoms with Gasteiger partial charge in [-0.05, 0) is 39.2 Å². The summed E-state index contributed by atoms with van der Waals surface area (Å²) in [6, 6.07) is 3.42. The summed E-state index contributed by atoms with van der Waals surface area (Å²) in [4.78, 5) is 17.5. The molecule has 0 amide bonds. The summed E-state index contributed by atoms with van der Waals surface area (Å²) in [5.74, 6) is -0.823. The van der Waals surface area contributed by atoms with Crippen LogP contribution in [0, 0.1) is 25.2 Å². The molecule has 1 aliphatic heterocycles. The largest absolute Gasteiger partial charge is 0.480 e. The Morgan fingerprint density at radius 1 is 1.53 bits per heavy atom. The highest BCUT2D eigenvalue weighted by molar-refractivity contribution is 5.79. The van der Waals surface area contributed by atoms with Crippen molar-refractivity contribution in [3.63, 3.8) is 0 Å². The number of anilines is 1. The SMILES string of the molecule is Cc1cc(N2CCCCC2C(=O)O)c(C#N)c(C)n1. The first-order chi connectivity index (χ1) is 9.04. The van der Waals surface area contributed by atoms with Crippen molar-refractivity contribution >= 4 is 11.7 Å². The van der Waals surface area contributed by atoms with Crippen LogP contribution in [0.3, 0.4) is 0 Å². The Morgan fingerprint density at radius 2 is 2.26 bits per heavy atom. The molecule has 0 radical (unpaired) electrons. The van der Waals surface area contributed by atoms with Gasteiger partial charge in [-0.3, -0.25) is 4.98 Å². The second-order valence-electron chi connectivity index (χ2n) is 4.90. The van der Waals surface area contributed by atoms with Gasteiger partial charge in [0.05, 0.1) is 16.9 Å². The van der Waals surface area contributed by atoms with Gasteiger partial charge in [0, 0.05) is 12.2 Å². The highest BCUT2D eigenvalue weighted by Crippen LogP contribution is 2.29. The van der Waals surface area contributed by atoms with E-state index < -0.39 is 12.0 Å². The van der Waals surface area contributed by atoms with Crippen LogP contribution >= 0.6 is 0 Å². The Labute approximate surface area is 112 Å². The maximum atomic E-state index is 11.4. The maximum Gasteiger partial charge on any atom is 0.326 e. The minimum atomic E-state index is -0.823. The molecule has 1 atom stereocenters. The average Bonchev–Trinajstić information content (AvgIpc) is 2.37. The molecule has 100 valence electrons. The molecule has 5 nitrogen and oxygen atoms in total. The van der Waals surface area contributed by atoms with Crippen LogP contribution in [0.4, 0.5) is 5.69 Å². The number of pyridine rings is 1. The molecule has 0 spiro atoms. The molecule has 0 aliphatic carbocycles. The average molecular weight is 259 g/mol. The minimum Gasteiger partial charge on any atom is -0.480 e. The van der Waals surface area contributed by atoms with Crippen molar-refractivity contribution in [1.82, 2.24) is 4.98 Å². The molecule has 1 unspecified atom stereocenters. The van der Waals surface area contributed by atoms with Crippen molar-refractivity contribution < 1.29 is 9.90 Å². The predicted molar refractivity (Wildman–Crippen MR) is 71.0 cm³/mol. The summed E-state index contributed by atoms with van der Waals surface area (Å²) in [6.45, 7) is 4.32. The lowest BCUT2D eigenvalue weighted by molar-refractivity contribution is -0.139. The van der Waals surface area contributed by atoms with Crippen molar-refractivity contribution in [2.24, 2.45) is 0 Å². The van der Waals surface area contributed by atoms with Gasteiger partial charge in [0.15, 0.2) is 0 Å². The number of carboxylic acid groups (broad SMARTS) is 1. The van der Waals surface area contributed by atoms with Gasteiger partial charge in [0.25, 0.3) is 0 Å². The Kier molecular flexibility index (Phi) is 3.70. The van der Waals surface area contributed by atoms with E-state index in [4.69, 9.17) is 0 Å². The molecule has 1 N–H and O–H groups in total. The number of rotatable bonds is 2. The minimum absolute atomic E-state index is 0.485. The normalized spacial score (nSPS) is 19.0. The molecular weight excluding hydrogens is 242 g/mol. The monoisotopic (exact) mass is 259 g/mol. The zero-order chi connectivity index (χ0) is 14.0. The number of piperidine rings is 1. The van der Waals surface area contributed by atoms with Gasteiger partial charge >= 0.3 is 5.97 Å². The molecule has 0 saturated carbocycles. The van der Waals surface area contributed by atoms with E-state index >= 15 is 0 Å². The van der Waals surface area contributed by atoms with Crippen molar-refractivity contribution in [3.8, 4) is 6.07 Å². The molecule has 2 heterocycles. The van der Waals surface area contributed by atoms with Crippen LogP contribution < -0.4 is 4.90 Å². The number of hydrogen-bond acceptors (Lipinski definition) is 4. The summed E-state index contributed by atoms with van der Waals surface area (Å²) in [6.07, 6.45) is 2.49. The Morgan fingerprint density at radius 3 is 2.89 bits per heavy atom. The lowest BCUT2D eigenvalue weighted by Gasteiger charge is -2.35. The van der Waals surface area contributed by atoms with E-state index in [-0.39, 0.29) is 0 Å². The zero-order valence-corrected chi connectivity index (χ0v) is 11.2. The van der Waals surface area contributed by atoms with E-state index in [0.717, 1.165) is 18.5 Å². The van der Waals surface area contributed by atoms with E-state index in [1.807, 2.05) is 17.9 Å². The molecule has 0 aromatic carbocycles. The van der Waals surface area contributed by atoms with Crippen LogP contribution in [-0.4, -0.2) is 28.6 Å². The molecule has 19 heavy (non-hydrogen) atoms. The van der Waals surface area contributed by atoms with Gasteiger partial charge in [-0.25, -0.2) is 4.79 Å². The highest BCUT2D eigenvalue weighted by atomic mass is 16.4. The first kappa shape index (κ1) is 13.3. The molecule has 1 saturated heterocycles. The fourth-order valence-corrected chi connectivity index (χ4v) is 2.65. The number of carboxylic acids is 1. The molecule has 1 aromatic heterocycles. The summed E-state index contributed by atoms with van der Waals surface area (Å²) in [5.41, 5.74) is 2.66. The standard InChI is InChI=1S/C14H17N3O2/c1-9-7-13(11(8-15)10(2)16-9)17-6-4-3-5-12(17)14(18)19/h7,12H,3-6H2,1-2H3,(H,18,19). The second-order valence-corrected chi connectivity index (χ2v) is 4.90. The molecule has 2 rings (SSSR count). The van der Waals surface area contributed by atoms with Gasteiger partial charge in [-0.15, -0.1) is 0 Å². The Bertz CT molecular complexity index is 548. The zero-order valence-electron chi connectivity index (χ0n) is 11.2. The number of aryl methyl sites for hydroxylation is 2. The number of carbonyl (C=O) groups is 1. The van der Waals surface area contributed by atoms with Crippen LogP contribution in [0.25, 0.3) is 0 Å². The van der Waals surface area contributed by atoms with Gasteiger partial charge in [-0.1, -0.05) is 0 Å². The first-order valence-electron chi connectivity index (χ1n) is 6.42. The lowest BCUT2D eigenvalue weighted by atomic mass is 9.99. The van der Waals surface area contributed by atoms with Crippen LogP contribution in [0.2, 0.25) is 0 Å². The van der Waals surface area contributed by atoms with Gasteiger partial charge in [0.2, 0.25) is 0 Å². The van der Waals surface area contributed by atoms with Crippen molar-refractivity contribution in [3.05, 3.63) is 23.0 Å². The number of nitrogens with zero attached hydrogens (tertiary/aromatic N) is 3. The van der Waals surface area contributed by atoms with Crippen LogP contribution in [0.15, 0.2) is 6.07 Å². The third-order valence-electron chi connectivity index (χ3n) is 3.52. The van der Waals surface area contributed by atoms with Crippen LogP contribution in [0.5, 0.6) is 0 Å². The molecule has 5 heteroatoms. The third-order valence-corrected chi connectivity index (χ3v) is 3.52. The van der Waals surface area contributed by atoms with E-state index in [2.05, 4.69) is 11.1 Å². The van der Waals surface area contributed by atoms with Crippen LogP contribution in [-0.2, 0) is 4.79 Å². The summed E-state index contributed by atoms with van der Waals surface area (Å²) >= 11 is 0. The smallest absolute Gasteiger partial charge is 0.326 e. The molecule has 0 bridgehead atoms. The topological polar surface area (TPSA) is 77.2 Å². The maximum absolute atomic E-state index is 11.4. The van der Waals surface area contributed by atoms with Crippen molar-refractivity contribution in [2.45, 2.75) is 39.2 Å². The molecule has 1 fully saturated rings. The summed E-state index contributed by atoms with van der Waals surface area (Å²) in [7, 11) is 0. The fraction of sp³-hybridized carbons (Fsp3) is 0.500. The fourth-order valence-electron chi connectivity index (χ4n) is 2.65. The quantitative estimate of drug-likeness (QED) is 0.879. The van der Waals surface area contributed by atoms with Gasteiger partial charge in [-0.2, -0.15) is 5.26 Å². The van der Waals surface area contributed by atoms with Gasteiger partial charge in [0.1, 0.15) is 12.1 Å². The van der Waals surface area contributed by atoms with Crippen molar-refractivity contribution in [1.29, 1.82) is 5.26 Å². The molecular formula is C14H17N3O2. The summed E-state index contributed by atoms with van der Waals surface area (Å²) in [5, 5.41) is 18.6. The number of nitriles is 1. The molecule has 1 aliphatic rings. The van der Waals surface area contributed by atoms with E-state index in [1.165, 1.54) is 0 Å². The van der Waals surface area contributed by atoms with E-state index in [1.54, 1.807) is 6.92 Å². The van der Waals surface area contributed by atoms with Crippen LogP contribution in [0.1, 0.15) is 36.2 Å². The Balaban J connectivity index is 2.50. The van der Waals surface area contributed by atoms with E-state index in [9.17, 15) is 15.2 Å². The first-order valence-corrected chi connectivity index (χ1v) is 6.42. The lowest BCUT2D eigenvalue weighted by Crippen LogP contribution is -2.45. The third kappa shape index (κ3) is 2.53.